The van der Waals surface area contributed by atoms with E-state index in [9.17, 15) is 8.42 Å². The molecule has 0 unspecified atom stereocenters. The van der Waals surface area contributed by atoms with Crippen molar-refractivity contribution in [3.8, 4) is 0 Å². The van der Waals surface area contributed by atoms with Crippen LogP contribution in [0.25, 0.3) is 0 Å². The van der Waals surface area contributed by atoms with Crippen molar-refractivity contribution >= 4 is 21.4 Å². The first kappa shape index (κ1) is 14.0. The second-order valence-electron chi connectivity index (χ2n) is 4.84. The highest BCUT2D eigenvalue weighted by atomic mass is 32.2. The van der Waals surface area contributed by atoms with Crippen molar-refractivity contribution in [2.75, 3.05) is 7.05 Å². The van der Waals surface area contributed by atoms with Crippen molar-refractivity contribution < 1.29 is 8.42 Å². The fourth-order valence-electron chi connectivity index (χ4n) is 2.24. The third-order valence-corrected chi connectivity index (χ3v) is 6.75. The normalized spacial score (nSPS) is 18.6. The minimum atomic E-state index is -3.35. The van der Waals surface area contributed by atoms with E-state index in [1.165, 1.54) is 11.3 Å². The molecule has 6 heteroatoms. The predicted molar refractivity (Wildman–Crippen MR) is 74.3 cm³/mol. The van der Waals surface area contributed by atoms with Gasteiger partial charge in [-0.25, -0.2) is 13.1 Å². The molecule has 1 saturated carbocycles. The van der Waals surface area contributed by atoms with Gasteiger partial charge in [0.15, 0.2) is 0 Å². The van der Waals surface area contributed by atoms with E-state index in [-0.39, 0.29) is 5.54 Å². The largest absolute Gasteiger partial charge is 0.315 e. The average Bonchev–Trinajstić information content (AvgIpc) is 2.73. The van der Waals surface area contributed by atoms with Crippen molar-refractivity contribution in [1.29, 1.82) is 0 Å². The van der Waals surface area contributed by atoms with Gasteiger partial charge < -0.3 is 5.32 Å². The Kier molecular flexibility index (Phi) is 4.11. The Morgan fingerprint density at radius 1 is 1.39 bits per heavy atom. The van der Waals surface area contributed by atoms with Gasteiger partial charge in [-0.3, -0.25) is 0 Å². The SMILES string of the molecule is CCC1(NS(=O)(=O)c2ccc(CNC)s2)CCC1. The summed E-state index contributed by atoms with van der Waals surface area (Å²) in [7, 11) is -1.49. The number of sulfonamides is 1. The Balaban J connectivity index is 2.14. The topological polar surface area (TPSA) is 58.2 Å². The molecule has 1 aromatic rings. The molecule has 102 valence electrons. The summed E-state index contributed by atoms with van der Waals surface area (Å²) in [6.45, 7) is 2.75. The van der Waals surface area contributed by atoms with Crippen LogP contribution in [0.1, 0.15) is 37.5 Å². The first-order valence-corrected chi connectivity index (χ1v) is 8.59. The molecule has 1 fully saturated rings. The Morgan fingerprint density at radius 2 is 2.11 bits per heavy atom. The quantitative estimate of drug-likeness (QED) is 0.842. The van der Waals surface area contributed by atoms with Gasteiger partial charge in [0.2, 0.25) is 0 Å². The van der Waals surface area contributed by atoms with Gasteiger partial charge in [0.05, 0.1) is 0 Å². The molecule has 4 nitrogen and oxygen atoms in total. The van der Waals surface area contributed by atoms with Gasteiger partial charge in [0.25, 0.3) is 10.0 Å². The van der Waals surface area contributed by atoms with E-state index in [0.29, 0.717) is 10.8 Å². The van der Waals surface area contributed by atoms with Crippen LogP contribution in [0.3, 0.4) is 0 Å². The summed E-state index contributed by atoms with van der Waals surface area (Å²) in [6, 6.07) is 3.57. The smallest absolute Gasteiger partial charge is 0.250 e. The lowest BCUT2D eigenvalue weighted by atomic mass is 9.76. The molecule has 18 heavy (non-hydrogen) atoms. The molecule has 0 bridgehead atoms. The summed E-state index contributed by atoms with van der Waals surface area (Å²) >= 11 is 1.34. The van der Waals surface area contributed by atoms with Gasteiger partial charge in [-0.15, -0.1) is 11.3 Å². The van der Waals surface area contributed by atoms with Gasteiger partial charge in [-0.2, -0.15) is 0 Å². The van der Waals surface area contributed by atoms with Crippen molar-refractivity contribution in [1.82, 2.24) is 10.0 Å². The zero-order valence-electron chi connectivity index (χ0n) is 10.8. The van der Waals surface area contributed by atoms with Crippen molar-refractivity contribution in [3.05, 3.63) is 17.0 Å². The van der Waals surface area contributed by atoms with Gasteiger partial charge in [-0.1, -0.05) is 6.92 Å². The van der Waals surface area contributed by atoms with E-state index in [0.717, 1.165) is 30.6 Å². The number of hydrogen-bond acceptors (Lipinski definition) is 4. The maximum absolute atomic E-state index is 12.3. The van der Waals surface area contributed by atoms with Gasteiger partial charge in [0, 0.05) is 17.0 Å². The molecule has 1 heterocycles. The fourth-order valence-corrected chi connectivity index (χ4v) is 5.14. The number of thiophene rings is 1. The maximum atomic E-state index is 12.3. The molecule has 2 N–H and O–H groups in total. The molecule has 1 aromatic heterocycles. The first-order chi connectivity index (χ1) is 8.51. The Morgan fingerprint density at radius 3 is 2.61 bits per heavy atom. The van der Waals surface area contributed by atoms with Crippen LogP contribution < -0.4 is 10.0 Å². The van der Waals surface area contributed by atoms with Crippen LogP contribution in [-0.4, -0.2) is 21.0 Å². The zero-order chi connectivity index (χ0) is 13.2. The molecule has 2 rings (SSSR count). The molecule has 0 atom stereocenters. The van der Waals surface area contributed by atoms with E-state index in [2.05, 4.69) is 10.0 Å². The molecule has 0 radical (unpaired) electrons. The molecule has 0 amide bonds. The van der Waals surface area contributed by atoms with Crippen LogP contribution in [0.4, 0.5) is 0 Å². The van der Waals surface area contributed by atoms with Crippen LogP contribution in [0.5, 0.6) is 0 Å². The highest BCUT2D eigenvalue weighted by Crippen LogP contribution is 2.36. The third-order valence-electron chi connectivity index (χ3n) is 3.59. The van der Waals surface area contributed by atoms with E-state index in [1.54, 1.807) is 6.07 Å². The van der Waals surface area contributed by atoms with Crippen LogP contribution in [0, 0.1) is 0 Å². The summed E-state index contributed by atoms with van der Waals surface area (Å²) in [5.74, 6) is 0. The fraction of sp³-hybridized carbons (Fsp3) is 0.667. The average molecular weight is 288 g/mol. The Hall–Kier alpha value is -0.430. The maximum Gasteiger partial charge on any atom is 0.250 e. The second-order valence-corrected chi connectivity index (χ2v) is 7.92. The standard InChI is InChI=1S/C12H20N2O2S2/c1-3-12(7-4-8-12)14-18(15,16)11-6-5-10(17-11)9-13-2/h5-6,13-14H,3-4,7-9H2,1-2H3. The lowest BCUT2D eigenvalue weighted by Gasteiger charge is -2.41. The molecule has 1 aliphatic carbocycles. The predicted octanol–water partition coefficient (Wildman–Crippen LogP) is 2.08. The van der Waals surface area contributed by atoms with Crippen molar-refractivity contribution in [3.63, 3.8) is 0 Å². The molecule has 1 aliphatic rings. The summed E-state index contributed by atoms with van der Waals surface area (Å²) in [4.78, 5) is 1.04. The number of nitrogens with one attached hydrogen (secondary N) is 2. The summed E-state index contributed by atoms with van der Waals surface area (Å²) < 4.78 is 27.9. The van der Waals surface area contributed by atoms with E-state index >= 15 is 0 Å². The monoisotopic (exact) mass is 288 g/mol. The van der Waals surface area contributed by atoms with Gasteiger partial charge >= 0.3 is 0 Å². The minimum Gasteiger partial charge on any atom is -0.315 e. The van der Waals surface area contributed by atoms with E-state index < -0.39 is 10.0 Å². The number of hydrogen-bond donors (Lipinski definition) is 2. The van der Waals surface area contributed by atoms with Crippen LogP contribution in [0.2, 0.25) is 0 Å². The highest BCUT2D eigenvalue weighted by molar-refractivity contribution is 7.91. The molecule has 0 spiro atoms. The lowest BCUT2D eigenvalue weighted by molar-refractivity contribution is 0.214. The highest BCUT2D eigenvalue weighted by Gasteiger charge is 2.39. The Bertz CT molecular complexity index is 498. The van der Waals surface area contributed by atoms with Crippen LogP contribution in [0.15, 0.2) is 16.3 Å². The molecule has 0 aromatic carbocycles. The van der Waals surface area contributed by atoms with E-state index in [1.807, 2.05) is 20.0 Å². The summed E-state index contributed by atoms with van der Waals surface area (Å²) in [5.41, 5.74) is -0.188. The third kappa shape index (κ3) is 2.77. The van der Waals surface area contributed by atoms with Crippen molar-refractivity contribution in [2.45, 2.75) is 48.9 Å². The minimum absolute atomic E-state index is 0.188. The zero-order valence-corrected chi connectivity index (χ0v) is 12.5. The molecular weight excluding hydrogens is 268 g/mol. The summed E-state index contributed by atoms with van der Waals surface area (Å²) in [6.07, 6.45) is 3.89. The number of rotatable bonds is 6. The lowest BCUT2D eigenvalue weighted by Crippen LogP contribution is -2.52. The molecule has 0 aliphatic heterocycles. The molecular formula is C12H20N2O2S2. The van der Waals surface area contributed by atoms with E-state index in [4.69, 9.17) is 0 Å². The first-order valence-electron chi connectivity index (χ1n) is 6.29. The van der Waals surface area contributed by atoms with Crippen LogP contribution in [-0.2, 0) is 16.6 Å². The van der Waals surface area contributed by atoms with Crippen molar-refractivity contribution in [2.24, 2.45) is 0 Å². The van der Waals surface area contributed by atoms with Crippen LogP contribution >= 0.6 is 11.3 Å². The Labute approximate surface area is 113 Å². The second kappa shape index (κ2) is 5.28. The summed E-state index contributed by atoms with van der Waals surface area (Å²) in [5, 5.41) is 3.03. The van der Waals surface area contributed by atoms with Gasteiger partial charge in [-0.05, 0) is 44.9 Å². The molecule has 0 saturated heterocycles. The van der Waals surface area contributed by atoms with Gasteiger partial charge in [0.1, 0.15) is 4.21 Å².